The summed E-state index contributed by atoms with van der Waals surface area (Å²) in [6.07, 6.45) is 0. The third kappa shape index (κ3) is 5.10. The van der Waals surface area contributed by atoms with Crippen molar-refractivity contribution in [1.29, 1.82) is 0 Å². The molecule has 0 aliphatic rings. The molecule has 2 aromatic carbocycles. The molecule has 0 radical (unpaired) electrons. The van der Waals surface area contributed by atoms with E-state index in [1.54, 1.807) is 6.07 Å². The van der Waals surface area contributed by atoms with Crippen molar-refractivity contribution in [3.05, 3.63) is 57.0 Å². The Morgan fingerprint density at radius 2 is 1.62 bits per heavy atom. The van der Waals surface area contributed by atoms with E-state index in [-0.39, 0.29) is 11.1 Å². The van der Waals surface area contributed by atoms with Crippen molar-refractivity contribution in [2.75, 3.05) is 5.32 Å². The maximum atomic E-state index is 6.39. The average Bonchev–Trinajstić information content (AvgIpc) is 2.49. The Labute approximate surface area is 172 Å². The fourth-order valence-corrected chi connectivity index (χ4v) is 4.06. The lowest BCUT2D eigenvalue weighted by Crippen LogP contribution is -2.43. The van der Waals surface area contributed by atoms with Gasteiger partial charge in [0.15, 0.2) is 0 Å². The quantitative estimate of drug-likeness (QED) is 0.482. The van der Waals surface area contributed by atoms with Crippen LogP contribution in [0.3, 0.4) is 0 Å². The Hall–Kier alpha value is -0.873. The van der Waals surface area contributed by atoms with Crippen LogP contribution in [0, 0.1) is 0 Å². The molecule has 2 aromatic rings. The number of nitrogens with one attached hydrogen (secondary N) is 1. The van der Waals surface area contributed by atoms with Gasteiger partial charge in [0.1, 0.15) is 5.75 Å². The molecule has 1 N–H and O–H groups in total. The minimum absolute atomic E-state index is 0.0274. The Balaban J connectivity index is 2.24. The van der Waals surface area contributed by atoms with Crippen LogP contribution >= 0.6 is 34.8 Å². The van der Waals surface area contributed by atoms with Crippen LogP contribution in [0.1, 0.15) is 39.3 Å². The molecule has 142 valence electrons. The molecule has 0 amide bonds. The highest BCUT2D eigenvalue weighted by Crippen LogP contribution is 2.39. The van der Waals surface area contributed by atoms with Crippen molar-refractivity contribution in [2.45, 2.75) is 51.9 Å². The van der Waals surface area contributed by atoms with Gasteiger partial charge in [-0.3, -0.25) is 0 Å². The lowest BCUT2D eigenvalue weighted by atomic mass is 10.1. The van der Waals surface area contributed by atoms with Gasteiger partial charge in [0.2, 0.25) is 8.32 Å². The zero-order valence-electron chi connectivity index (χ0n) is 16.1. The predicted octanol–water partition coefficient (Wildman–Crippen LogP) is 8.20. The summed E-state index contributed by atoms with van der Waals surface area (Å²) >= 11 is 18.7. The standard InChI is InChI=1S/C20H26Cl3NOSi/c1-13(16-9-7-14(21)11-18(16)23)24-19-12-15(8-10-17(19)22)25-26(5,6)20(2,3)4/h7-13,24H,1-6H3/t13-/m1/s1. The molecule has 1 atom stereocenters. The van der Waals surface area contributed by atoms with Crippen LogP contribution in [0.15, 0.2) is 36.4 Å². The molecule has 2 nitrogen and oxygen atoms in total. The van der Waals surface area contributed by atoms with E-state index in [1.807, 2.05) is 37.3 Å². The topological polar surface area (TPSA) is 21.3 Å². The molecule has 2 rings (SSSR count). The highest BCUT2D eigenvalue weighted by atomic mass is 35.5. The van der Waals surface area contributed by atoms with E-state index in [9.17, 15) is 0 Å². The smallest absolute Gasteiger partial charge is 0.250 e. The van der Waals surface area contributed by atoms with Gasteiger partial charge in [-0.25, -0.2) is 0 Å². The van der Waals surface area contributed by atoms with Crippen molar-refractivity contribution in [3.63, 3.8) is 0 Å². The van der Waals surface area contributed by atoms with Gasteiger partial charge in [0.05, 0.1) is 16.8 Å². The minimum atomic E-state index is -1.91. The van der Waals surface area contributed by atoms with Crippen LogP contribution in [-0.4, -0.2) is 8.32 Å². The number of rotatable bonds is 5. The van der Waals surface area contributed by atoms with Gasteiger partial charge in [-0.05, 0) is 54.9 Å². The van der Waals surface area contributed by atoms with E-state index < -0.39 is 8.32 Å². The first-order chi connectivity index (χ1) is 11.9. The first kappa shape index (κ1) is 21.4. The summed E-state index contributed by atoms with van der Waals surface area (Å²) in [5.74, 6) is 0.831. The number of anilines is 1. The fourth-order valence-electron chi connectivity index (χ4n) is 2.29. The zero-order valence-corrected chi connectivity index (χ0v) is 19.4. The van der Waals surface area contributed by atoms with Crippen LogP contribution < -0.4 is 9.74 Å². The van der Waals surface area contributed by atoms with Gasteiger partial charge < -0.3 is 9.74 Å². The molecule has 0 saturated heterocycles. The molecule has 0 spiro atoms. The second kappa shape index (κ2) is 8.01. The average molecular weight is 431 g/mol. The lowest BCUT2D eigenvalue weighted by Gasteiger charge is -2.36. The summed E-state index contributed by atoms with van der Waals surface area (Å²) in [6.45, 7) is 13.2. The molecule has 0 bridgehead atoms. The number of hydrogen-bond acceptors (Lipinski definition) is 2. The number of halogens is 3. The predicted molar refractivity (Wildman–Crippen MR) is 118 cm³/mol. The maximum Gasteiger partial charge on any atom is 0.250 e. The third-order valence-electron chi connectivity index (χ3n) is 4.92. The van der Waals surface area contributed by atoms with E-state index in [0.29, 0.717) is 15.1 Å². The normalized spacial score (nSPS) is 13.4. The van der Waals surface area contributed by atoms with Gasteiger partial charge in [-0.15, -0.1) is 0 Å². The first-order valence-corrected chi connectivity index (χ1v) is 12.6. The Morgan fingerprint density at radius 1 is 0.962 bits per heavy atom. The van der Waals surface area contributed by atoms with E-state index in [1.165, 1.54) is 0 Å². The fraction of sp³-hybridized carbons (Fsp3) is 0.400. The molecular formula is C20H26Cl3NOSi. The molecule has 0 unspecified atom stereocenters. The van der Waals surface area contributed by atoms with E-state index in [0.717, 1.165) is 17.0 Å². The molecule has 0 aromatic heterocycles. The highest BCUT2D eigenvalue weighted by Gasteiger charge is 2.39. The summed E-state index contributed by atoms with van der Waals surface area (Å²) in [6, 6.07) is 11.2. The third-order valence-corrected chi connectivity index (χ3v) is 10.2. The molecule has 6 heteroatoms. The van der Waals surface area contributed by atoms with E-state index in [2.05, 4.69) is 39.2 Å². The molecule has 0 aliphatic carbocycles. The summed E-state index contributed by atoms with van der Waals surface area (Å²) in [7, 11) is -1.91. The van der Waals surface area contributed by atoms with Gasteiger partial charge in [0.25, 0.3) is 0 Å². The van der Waals surface area contributed by atoms with Gasteiger partial charge in [-0.2, -0.15) is 0 Å². The molecule has 0 fully saturated rings. The zero-order chi connectivity index (χ0) is 19.7. The van der Waals surface area contributed by atoms with Crippen LogP contribution in [-0.2, 0) is 0 Å². The molecule has 0 aliphatic heterocycles. The summed E-state index contributed by atoms with van der Waals surface area (Å²) in [5.41, 5.74) is 1.78. The second-order valence-electron chi connectivity index (χ2n) is 8.04. The molecule has 0 heterocycles. The van der Waals surface area contributed by atoms with Crippen LogP contribution in [0.4, 0.5) is 5.69 Å². The number of hydrogen-bond donors (Lipinski definition) is 1. The largest absolute Gasteiger partial charge is 0.543 e. The highest BCUT2D eigenvalue weighted by molar-refractivity contribution is 6.74. The Bertz CT molecular complexity index is 787. The first-order valence-electron chi connectivity index (χ1n) is 8.61. The van der Waals surface area contributed by atoms with Gasteiger partial charge in [-0.1, -0.05) is 61.6 Å². The van der Waals surface area contributed by atoms with Crippen molar-refractivity contribution in [2.24, 2.45) is 0 Å². The molecule has 26 heavy (non-hydrogen) atoms. The van der Waals surface area contributed by atoms with Crippen molar-refractivity contribution < 1.29 is 4.43 Å². The summed E-state index contributed by atoms with van der Waals surface area (Å²) in [5, 5.41) is 5.45. The van der Waals surface area contributed by atoms with E-state index in [4.69, 9.17) is 39.2 Å². The van der Waals surface area contributed by atoms with Crippen LogP contribution in [0.2, 0.25) is 33.2 Å². The molecule has 0 saturated carbocycles. The lowest BCUT2D eigenvalue weighted by molar-refractivity contribution is 0.492. The molecular weight excluding hydrogens is 405 g/mol. The SMILES string of the molecule is C[C@@H](Nc1cc(O[Si](C)(C)C(C)(C)C)ccc1Cl)c1ccc(Cl)cc1Cl. The van der Waals surface area contributed by atoms with Gasteiger partial charge in [0, 0.05) is 16.1 Å². The minimum Gasteiger partial charge on any atom is -0.543 e. The van der Waals surface area contributed by atoms with Crippen molar-refractivity contribution >= 4 is 48.8 Å². The van der Waals surface area contributed by atoms with Crippen LogP contribution in [0.5, 0.6) is 5.75 Å². The summed E-state index contributed by atoms with van der Waals surface area (Å²) < 4.78 is 6.39. The second-order valence-corrected chi connectivity index (χ2v) is 14.0. The number of benzene rings is 2. The Morgan fingerprint density at radius 3 is 2.19 bits per heavy atom. The van der Waals surface area contributed by atoms with Crippen molar-refractivity contribution in [3.8, 4) is 5.75 Å². The maximum absolute atomic E-state index is 6.39. The van der Waals surface area contributed by atoms with Gasteiger partial charge >= 0.3 is 0 Å². The summed E-state index contributed by atoms with van der Waals surface area (Å²) in [4.78, 5) is 0. The van der Waals surface area contributed by atoms with E-state index >= 15 is 0 Å². The Kier molecular flexibility index (Phi) is 6.60. The van der Waals surface area contributed by atoms with Crippen molar-refractivity contribution in [1.82, 2.24) is 0 Å². The monoisotopic (exact) mass is 429 g/mol. The van der Waals surface area contributed by atoms with Crippen LogP contribution in [0.25, 0.3) is 0 Å².